The van der Waals surface area contributed by atoms with E-state index in [1.54, 1.807) is 0 Å². The SMILES string of the molecule is CCOc1ccc(-c2ccccc2)cc1CNC1CCC(NC)CC1.Cl. The predicted molar refractivity (Wildman–Crippen MR) is 112 cm³/mol. The number of ether oxygens (including phenoxy) is 1. The van der Waals surface area contributed by atoms with E-state index < -0.39 is 0 Å². The summed E-state index contributed by atoms with van der Waals surface area (Å²) in [6.07, 6.45) is 5.01. The minimum absolute atomic E-state index is 0. The molecule has 1 aliphatic carbocycles. The van der Waals surface area contributed by atoms with Gasteiger partial charge in [0.1, 0.15) is 5.75 Å². The number of hydrogen-bond donors (Lipinski definition) is 2. The van der Waals surface area contributed by atoms with E-state index in [0.29, 0.717) is 18.7 Å². The maximum atomic E-state index is 5.85. The van der Waals surface area contributed by atoms with Gasteiger partial charge in [-0.3, -0.25) is 0 Å². The van der Waals surface area contributed by atoms with Crippen LogP contribution < -0.4 is 15.4 Å². The molecular weight excluding hydrogens is 344 g/mol. The largest absolute Gasteiger partial charge is 0.494 e. The molecule has 0 spiro atoms. The Hall–Kier alpha value is -1.55. The van der Waals surface area contributed by atoms with Crippen LogP contribution in [0, 0.1) is 0 Å². The summed E-state index contributed by atoms with van der Waals surface area (Å²) in [6.45, 7) is 3.61. The monoisotopic (exact) mass is 374 g/mol. The van der Waals surface area contributed by atoms with Crippen LogP contribution in [0.3, 0.4) is 0 Å². The molecule has 1 fully saturated rings. The van der Waals surface area contributed by atoms with Crippen molar-refractivity contribution in [1.29, 1.82) is 0 Å². The van der Waals surface area contributed by atoms with Gasteiger partial charge in [0.05, 0.1) is 6.61 Å². The summed E-state index contributed by atoms with van der Waals surface area (Å²) in [5.74, 6) is 0.999. The van der Waals surface area contributed by atoms with Crippen molar-refractivity contribution in [3.63, 3.8) is 0 Å². The molecule has 0 aromatic heterocycles. The molecule has 3 nitrogen and oxygen atoms in total. The van der Waals surface area contributed by atoms with Gasteiger partial charge in [-0.1, -0.05) is 36.4 Å². The minimum Gasteiger partial charge on any atom is -0.494 e. The summed E-state index contributed by atoms with van der Waals surface area (Å²) >= 11 is 0. The molecule has 0 amide bonds. The zero-order chi connectivity index (χ0) is 17.5. The topological polar surface area (TPSA) is 33.3 Å². The van der Waals surface area contributed by atoms with E-state index >= 15 is 0 Å². The molecule has 0 heterocycles. The third-order valence-corrected chi connectivity index (χ3v) is 5.18. The third kappa shape index (κ3) is 5.47. The molecule has 2 aromatic rings. The number of rotatable bonds is 7. The zero-order valence-electron chi connectivity index (χ0n) is 15.8. The Balaban J connectivity index is 0.00000243. The van der Waals surface area contributed by atoms with Crippen molar-refractivity contribution < 1.29 is 4.74 Å². The first-order chi connectivity index (χ1) is 12.3. The van der Waals surface area contributed by atoms with Gasteiger partial charge in [-0.25, -0.2) is 0 Å². The van der Waals surface area contributed by atoms with E-state index in [1.165, 1.54) is 42.4 Å². The lowest BCUT2D eigenvalue weighted by molar-refractivity contribution is 0.310. The lowest BCUT2D eigenvalue weighted by atomic mass is 9.91. The predicted octanol–water partition coefficient (Wildman–Crippen LogP) is 4.79. The van der Waals surface area contributed by atoms with Crippen molar-refractivity contribution in [1.82, 2.24) is 10.6 Å². The average molecular weight is 375 g/mol. The van der Waals surface area contributed by atoms with Crippen LogP contribution in [0.1, 0.15) is 38.2 Å². The van der Waals surface area contributed by atoms with E-state index in [4.69, 9.17) is 4.74 Å². The Morgan fingerprint density at radius 3 is 2.27 bits per heavy atom. The summed E-state index contributed by atoms with van der Waals surface area (Å²) in [5, 5.41) is 7.15. The van der Waals surface area contributed by atoms with E-state index in [0.717, 1.165) is 12.3 Å². The van der Waals surface area contributed by atoms with Crippen LogP contribution in [-0.4, -0.2) is 25.7 Å². The Morgan fingerprint density at radius 1 is 0.923 bits per heavy atom. The molecule has 26 heavy (non-hydrogen) atoms. The Labute approximate surface area is 163 Å². The van der Waals surface area contributed by atoms with Crippen LogP contribution in [0.4, 0.5) is 0 Å². The molecule has 142 valence electrons. The van der Waals surface area contributed by atoms with Gasteiger partial charge >= 0.3 is 0 Å². The standard InChI is InChI=1S/C22H30N2O.ClH/c1-3-25-22-14-9-18(17-7-5-4-6-8-17)15-19(22)16-24-21-12-10-20(23-2)11-13-21;/h4-9,14-15,20-21,23-24H,3,10-13,16H2,1-2H3;1H. The third-order valence-electron chi connectivity index (χ3n) is 5.18. The van der Waals surface area contributed by atoms with Crippen molar-refractivity contribution in [3.05, 3.63) is 54.1 Å². The lowest BCUT2D eigenvalue weighted by Crippen LogP contribution is -2.38. The highest BCUT2D eigenvalue weighted by atomic mass is 35.5. The molecule has 0 atom stereocenters. The normalized spacial score (nSPS) is 19.6. The number of hydrogen-bond acceptors (Lipinski definition) is 3. The van der Waals surface area contributed by atoms with Gasteiger partial charge in [0.25, 0.3) is 0 Å². The zero-order valence-corrected chi connectivity index (χ0v) is 16.6. The molecule has 1 aliphatic rings. The first kappa shape index (κ1) is 20.8. The number of halogens is 1. The maximum absolute atomic E-state index is 5.85. The highest BCUT2D eigenvalue weighted by Crippen LogP contribution is 2.27. The fourth-order valence-corrected chi connectivity index (χ4v) is 3.66. The average Bonchev–Trinajstić information content (AvgIpc) is 2.68. The van der Waals surface area contributed by atoms with Gasteiger partial charge in [0, 0.05) is 24.2 Å². The van der Waals surface area contributed by atoms with Crippen LogP contribution in [0.2, 0.25) is 0 Å². The van der Waals surface area contributed by atoms with Crippen molar-refractivity contribution in [2.75, 3.05) is 13.7 Å². The highest BCUT2D eigenvalue weighted by Gasteiger charge is 2.19. The molecule has 0 saturated heterocycles. The summed E-state index contributed by atoms with van der Waals surface area (Å²) in [5.41, 5.74) is 3.75. The van der Waals surface area contributed by atoms with Gasteiger partial charge in [-0.2, -0.15) is 0 Å². The molecule has 0 unspecified atom stereocenters. The van der Waals surface area contributed by atoms with Gasteiger partial charge in [0.2, 0.25) is 0 Å². The van der Waals surface area contributed by atoms with Crippen molar-refractivity contribution >= 4 is 12.4 Å². The summed E-state index contributed by atoms with van der Waals surface area (Å²) in [4.78, 5) is 0. The number of benzene rings is 2. The Morgan fingerprint density at radius 2 is 1.62 bits per heavy atom. The van der Waals surface area contributed by atoms with Crippen LogP contribution in [0.15, 0.2) is 48.5 Å². The second-order valence-corrected chi connectivity index (χ2v) is 6.84. The molecule has 0 radical (unpaired) electrons. The number of nitrogens with one attached hydrogen (secondary N) is 2. The van der Waals surface area contributed by atoms with E-state index in [2.05, 4.69) is 66.2 Å². The molecule has 0 aliphatic heterocycles. The molecule has 1 saturated carbocycles. The first-order valence-corrected chi connectivity index (χ1v) is 9.52. The molecule has 3 rings (SSSR count). The fraction of sp³-hybridized carbons (Fsp3) is 0.455. The summed E-state index contributed by atoms with van der Waals surface area (Å²) in [7, 11) is 2.07. The quantitative estimate of drug-likeness (QED) is 0.730. The Bertz CT molecular complexity index is 654. The van der Waals surface area contributed by atoms with Crippen LogP contribution in [0.25, 0.3) is 11.1 Å². The molecule has 4 heteroatoms. The van der Waals surface area contributed by atoms with Crippen molar-refractivity contribution in [3.8, 4) is 16.9 Å². The van der Waals surface area contributed by atoms with Crippen LogP contribution in [0.5, 0.6) is 5.75 Å². The molecule has 2 N–H and O–H groups in total. The van der Waals surface area contributed by atoms with Crippen LogP contribution in [-0.2, 0) is 6.54 Å². The highest BCUT2D eigenvalue weighted by molar-refractivity contribution is 5.85. The van der Waals surface area contributed by atoms with Gasteiger partial charge in [0.15, 0.2) is 0 Å². The lowest BCUT2D eigenvalue weighted by Gasteiger charge is -2.29. The van der Waals surface area contributed by atoms with Gasteiger partial charge in [-0.15, -0.1) is 12.4 Å². The molecule has 2 aromatic carbocycles. The van der Waals surface area contributed by atoms with E-state index in [-0.39, 0.29) is 12.4 Å². The van der Waals surface area contributed by atoms with Gasteiger partial charge in [-0.05, 0) is 62.9 Å². The van der Waals surface area contributed by atoms with E-state index in [1.807, 2.05) is 6.92 Å². The van der Waals surface area contributed by atoms with Crippen molar-refractivity contribution in [2.45, 2.75) is 51.2 Å². The van der Waals surface area contributed by atoms with Crippen LogP contribution >= 0.6 is 12.4 Å². The second-order valence-electron chi connectivity index (χ2n) is 6.84. The van der Waals surface area contributed by atoms with Gasteiger partial charge < -0.3 is 15.4 Å². The Kier molecular flexibility index (Phi) is 8.43. The maximum Gasteiger partial charge on any atom is 0.123 e. The molecule has 0 bridgehead atoms. The summed E-state index contributed by atoms with van der Waals surface area (Å²) < 4.78 is 5.85. The second kappa shape index (κ2) is 10.6. The summed E-state index contributed by atoms with van der Waals surface area (Å²) in [6, 6.07) is 18.4. The first-order valence-electron chi connectivity index (χ1n) is 9.52. The van der Waals surface area contributed by atoms with E-state index in [9.17, 15) is 0 Å². The smallest absolute Gasteiger partial charge is 0.123 e. The van der Waals surface area contributed by atoms with Crippen molar-refractivity contribution in [2.24, 2.45) is 0 Å². The minimum atomic E-state index is 0. The molecular formula is C22H31ClN2O. The fourth-order valence-electron chi connectivity index (χ4n) is 3.66.